The molecule has 7 heteroatoms. The maximum absolute atomic E-state index is 12.4. The number of nitrogens with one attached hydrogen (secondary N) is 2. The molecule has 0 radical (unpaired) electrons. The second kappa shape index (κ2) is 8.60. The summed E-state index contributed by atoms with van der Waals surface area (Å²) in [5.41, 5.74) is 0.540. The number of piperidine rings is 1. The van der Waals surface area contributed by atoms with E-state index in [4.69, 9.17) is 9.47 Å². The van der Waals surface area contributed by atoms with Gasteiger partial charge in [-0.15, -0.1) is 12.4 Å². The molecule has 0 saturated carbocycles. The zero-order valence-corrected chi connectivity index (χ0v) is 15.3. The van der Waals surface area contributed by atoms with E-state index in [9.17, 15) is 4.79 Å². The first-order chi connectivity index (χ1) is 10.0. The Balaban J connectivity index is 0.00000242. The van der Waals surface area contributed by atoms with Crippen molar-refractivity contribution >= 4 is 34.2 Å². The maximum Gasteiger partial charge on any atom is 0.251 e. The Morgan fingerprint density at radius 3 is 2.41 bits per heavy atom. The van der Waals surface area contributed by atoms with Crippen LogP contribution in [0.1, 0.15) is 30.1 Å². The molecule has 1 aliphatic heterocycles. The summed E-state index contributed by atoms with van der Waals surface area (Å²) in [6.45, 7) is 3.06. The molecule has 1 aromatic carbocycles. The Labute approximate surface area is 145 Å². The summed E-state index contributed by atoms with van der Waals surface area (Å²) in [4.78, 5) is 12.4. The van der Waals surface area contributed by atoms with Crippen molar-refractivity contribution in [2.75, 3.05) is 20.8 Å². The molecule has 1 amide bonds. The zero-order chi connectivity index (χ0) is 15.4. The van der Waals surface area contributed by atoms with Crippen molar-refractivity contribution in [3.8, 4) is 11.5 Å². The Kier molecular flexibility index (Phi) is 7.45. The van der Waals surface area contributed by atoms with Gasteiger partial charge >= 0.3 is 0 Å². The molecule has 0 spiro atoms. The van der Waals surface area contributed by atoms with Gasteiger partial charge < -0.3 is 20.1 Å². The number of methoxy groups -OCH3 is 2. The maximum atomic E-state index is 12.4. The second-order valence-corrected chi connectivity index (χ2v) is 6.04. The Morgan fingerprint density at radius 1 is 1.32 bits per heavy atom. The third kappa shape index (κ3) is 4.51. The van der Waals surface area contributed by atoms with E-state index in [0.717, 1.165) is 19.4 Å². The largest absolute Gasteiger partial charge is 0.495 e. The van der Waals surface area contributed by atoms with Gasteiger partial charge in [-0.3, -0.25) is 4.79 Å². The van der Waals surface area contributed by atoms with E-state index in [-0.39, 0.29) is 24.4 Å². The number of halogens is 2. The fourth-order valence-electron chi connectivity index (χ4n) is 2.53. The van der Waals surface area contributed by atoms with E-state index in [1.54, 1.807) is 26.4 Å². The lowest BCUT2D eigenvalue weighted by Gasteiger charge is -2.28. The third-order valence-corrected chi connectivity index (χ3v) is 4.45. The smallest absolute Gasteiger partial charge is 0.251 e. The van der Waals surface area contributed by atoms with Crippen molar-refractivity contribution in [3.63, 3.8) is 0 Å². The molecule has 5 nitrogen and oxygen atoms in total. The van der Waals surface area contributed by atoms with Gasteiger partial charge in [0.2, 0.25) is 0 Å². The molecular formula is C15H22BrClN2O3. The monoisotopic (exact) mass is 392 g/mol. The third-order valence-electron chi connectivity index (χ3n) is 3.67. The van der Waals surface area contributed by atoms with E-state index in [2.05, 4.69) is 33.5 Å². The highest BCUT2D eigenvalue weighted by molar-refractivity contribution is 9.10. The summed E-state index contributed by atoms with van der Waals surface area (Å²) in [5.74, 6) is 1.06. The second-order valence-electron chi connectivity index (χ2n) is 5.24. The van der Waals surface area contributed by atoms with E-state index in [0.29, 0.717) is 27.6 Å². The van der Waals surface area contributed by atoms with Gasteiger partial charge in [0.15, 0.2) is 0 Å². The molecule has 0 bridgehead atoms. The molecule has 0 aliphatic carbocycles. The summed E-state index contributed by atoms with van der Waals surface area (Å²) in [6, 6.07) is 4.06. The van der Waals surface area contributed by atoms with E-state index >= 15 is 0 Å². The minimum absolute atomic E-state index is 0. The molecule has 2 rings (SSSR count). The van der Waals surface area contributed by atoms with Gasteiger partial charge in [0.1, 0.15) is 16.0 Å². The number of carbonyl (C=O) groups is 1. The summed E-state index contributed by atoms with van der Waals surface area (Å²) < 4.78 is 11.2. The van der Waals surface area contributed by atoms with Crippen molar-refractivity contribution in [1.29, 1.82) is 0 Å². The lowest BCUT2D eigenvalue weighted by molar-refractivity contribution is 0.0925. The molecular weight excluding hydrogens is 372 g/mol. The van der Waals surface area contributed by atoms with Crippen molar-refractivity contribution in [2.45, 2.75) is 31.8 Å². The van der Waals surface area contributed by atoms with Crippen LogP contribution in [-0.2, 0) is 0 Å². The van der Waals surface area contributed by atoms with Crippen LogP contribution in [0.15, 0.2) is 16.6 Å². The van der Waals surface area contributed by atoms with Crippen LogP contribution in [0.4, 0.5) is 0 Å². The normalized spacial score (nSPS) is 20.7. The predicted molar refractivity (Wildman–Crippen MR) is 92.4 cm³/mol. The van der Waals surface area contributed by atoms with Gasteiger partial charge in [-0.05, 0) is 54.4 Å². The Bertz CT molecular complexity index is 503. The average molecular weight is 394 g/mol. The summed E-state index contributed by atoms with van der Waals surface area (Å²) in [7, 11) is 3.13. The quantitative estimate of drug-likeness (QED) is 0.826. The number of ether oxygens (including phenoxy) is 2. The summed E-state index contributed by atoms with van der Waals surface area (Å²) in [6.07, 6.45) is 1.89. The van der Waals surface area contributed by atoms with Crippen LogP contribution in [0.25, 0.3) is 0 Å². The Morgan fingerprint density at radius 2 is 1.91 bits per heavy atom. The topological polar surface area (TPSA) is 59.6 Å². The molecule has 1 aliphatic rings. The van der Waals surface area contributed by atoms with Gasteiger partial charge in [-0.2, -0.15) is 0 Å². The fourth-order valence-corrected chi connectivity index (χ4v) is 3.08. The number of hydrogen-bond donors (Lipinski definition) is 2. The van der Waals surface area contributed by atoms with Gasteiger partial charge in [-0.25, -0.2) is 0 Å². The van der Waals surface area contributed by atoms with Crippen LogP contribution < -0.4 is 20.1 Å². The average Bonchev–Trinajstić information content (AvgIpc) is 2.47. The minimum atomic E-state index is -0.0989. The van der Waals surface area contributed by atoms with E-state index in [1.165, 1.54) is 0 Å². The number of hydrogen-bond acceptors (Lipinski definition) is 4. The highest BCUT2D eigenvalue weighted by Gasteiger charge is 2.21. The fraction of sp³-hybridized carbons (Fsp3) is 0.533. The number of benzene rings is 1. The zero-order valence-electron chi connectivity index (χ0n) is 12.9. The minimum Gasteiger partial charge on any atom is -0.495 e. The molecule has 1 fully saturated rings. The highest BCUT2D eigenvalue weighted by atomic mass is 79.9. The van der Waals surface area contributed by atoms with E-state index in [1.807, 2.05) is 0 Å². The van der Waals surface area contributed by atoms with Crippen molar-refractivity contribution in [1.82, 2.24) is 10.6 Å². The van der Waals surface area contributed by atoms with Gasteiger partial charge in [0, 0.05) is 17.6 Å². The molecule has 1 aromatic rings. The standard InChI is InChI=1S/C15H21BrN2O3.ClH/c1-9-6-11(4-5-17-9)18-15(19)10-7-12(20-2)14(16)13(8-10)21-3;/h7-9,11,17H,4-6H2,1-3H3,(H,18,19);1H. The lowest BCUT2D eigenvalue weighted by Crippen LogP contribution is -2.46. The van der Waals surface area contributed by atoms with Crippen LogP contribution in [0.3, 0.4) is 0 Å². The van der Waals surface area contributed by atoms with Crippen LogP contribution in [0.5, 0.6) is 11.5 Å². The molecule has 2 atom stereocenters. The van der Waals surface area contributed by atoms with Gasteiger partial charge in [-0.1, -0.05) is 0 Å². The number of carbonyl (C=O) groups excluding carboxylic acids is 1. The first-order valence-electron chi connectivity index (χ1n) is 7.01. The van der Waals surface area contributed by atoms with Crippen molar-refractivity contribution in [3.05, 3.63) is 22.2 Å². The van der Waals surface area contributed by atoms with Crippen LogP contribution in [-0.4, -0.2) is 38.8 Å². The highest BCUT2D eigenvalue weighted by Crippen LogP contribution is 2.35. The van der Waals surface area contributed by atoms with Crippen LogP contribution in [0.2, 0.25) is 0 Å². The number of amides is 1. The molecule has 124 valence electrons. The molecule has 22 heavy (non-hydrogen) atoms. The molecule has 1 saturated heterocycles. The summed E-state index contributed by atoms with van der Waals surface area (Å²) >= 11 is 3.40. The lowest BCUT2D eigenvalue weighted by atomic mass is 10.00. The SMILES string of the molecule is COc1cc(C(=O)NC2CCNC(C)C2)cc(OC)c1Br.Cl. The summed E-state index contributed by atoms with van der Waals surface area (Å²) in [5, 5.41) is 6.45. The number of rotatable bonds is 4. The van der Waals surface area contributed by atoms with Crippen LogP contribution >= 0.6 is 28.3 Å². The molecule has 2 N–H and O–H groups in total. The molecule has 1 heterocycles. The van der Waals surface area contributed by atoms with Crippen molar-refractivity contribution in [2.24, 2.45) is 0 Å². The first-order valence-corrected chi connectivity index (χ1v) is 7.80. The molecule has 2 unspecified atom stereocenters. The van der Waals surface area contributed by atoms with Crippen LogP contribution in [0, 0.1) is 0 Å². The van der Waals surface area contributed by atoms with E-state index < -0.39 is 0 Å². The van der Waals surface area contributed by atoms with Gasteiger partial charge in [0.05, 0.1) is 14.2 Å². The van der Waals surface area contributed by atoms with Gasteiger partial charge in [0.25, 0.3) is 5.91 Å². The van der Waals surface area contributed by atoms with Crippen molar-refractivity contribution < 1.29 is 14.3 Å². The first kappa shape index (κ1) is 19.1. The Hall–Kier alpha value is -0.980. The predicted octanol–water partition coefficient (Wildman–Crippen LogP) is 2.76. The molecule has 0 aromatic heterocycles.